The Labute approximate surface area is 178 Å². The first-order valence-corrected chi connectivity index (χ1v) is 11.7. The Bertz CT molecular complexity index is 1310. The summed E-state index contributed by atoms with van der Waals surface area (Å²) in [6, 6.07) is 24.6. The van der Waals surface area contributed by atoms with Gasteiger partial charge in [-0.3, -0.25) is 5.32 Å². The number of fused-ring (bicyclic) bond motifs is 2. The first-order valence-electron chi connectivity index (χ1n) is 9.44. The van der Waals surface area contributed by atoms with E-state index in [0.29, 0.717) is 11.5 Å². The highest BCUT2D eigenvalue weighted by Gasteiger charge is 2.25. The van der Waals surface area contributed by atoms with E-state index in [0.717, 1.165) is 20.8 Å². The van der Waals surface area contributed by atoms with Crippen LogP contribution in [0.1, 0.15) is 16.6 Å². The van der Waals surface area contributed by atoms with Crippen molar-refractivity contribution >= 4 is 43.1 Å². The predicted octanol–water partition coefficient (Wildman–Crippen LogP) is 4.19. The van der Waals surface area contributed by atoms with E-state index in [2.05, 4.69) is 21.1 Å². The number of amidine groups is 1. The number of hydrogen-bond donors (Lipinski definition) is 2. The molecule has 1 unspecified atom stereocenters. The average Bonchev–Trinajstić information content (AvgIpc) is 3.18. The van der Waals surface area contributed by atoms with Crippen LogP contribution in [0.25, 0.3) is 10.2 Å². The van der Waals surface area contributed by atoms with Crippen LogP contribution in [-0.2, 0) is 10.0 Å². The molecule has 2 N–H and O–H groups in total. The summed E-state index contributed by atoms with van der Waals surface area (Å²) in [7, 11) is -3.72. The number of nitrogens with zero attached hydrogens (tertiary/aromatic N) is 2. The van der Waals surface area contributed by atoms with Gasteiger partial charge in [-0.25, -0.2) is 4.98 Å². The molecule has 0 fully saturated rings. The highest BCUT2D eigenvalue weighted by molar-refractivity contribution is 7.90. The Morgan fingerprint density at radius 3 is 2.50 bits per heavy atom. The van der Waals surface area contributed by atoms with Crippen molar-refractivity contribution in [3.63, 3.8) is 0 Å². The standard InChI is InChI=1S/C22H18N4O2S2/c27-30(28)19-13-7-5-11-17(19)24-20(26-30)14-23-21(15-8-2-1-3-9-15)22-25-16-10-4-6-12-18(16)29-22/h1-13,21,23H,14H2,(H,24,26). The zero-order valence-corrected chi connectivity index (χ0v) is 17.5. The number of rotatable bonds is 5. The summed E-state index contributed by atoms with van der Waals surface area (Å²) in [5, 5.41) is 7.49. The molecule has 5 rings (SSSR count). The van der Waals surface area contributed by atoms with Gasteiger partial charge in [0, 0.05) is 0 Å². The number of thiazole rings is 1. The van der Waals surface area contributed by atoms with E-state index in [-0.39, 0.29) is 17.5 Å². The number of para-hydroxylation sites is 2. The van der Waals surface area contributed by atoms with Crippen LogP contribution in [0.15, 0.2) is 88.2 Å². The van der Waals surface area contributed by atoms with Crippen molar-refractivity contribution < 1.29 is 8.42 Å². The minimum atomic E-state index is -3.72. The Balaban J connectivity index is 1.46. The zero-order chi connectivity index (χ0) is 20.6. The fourth-order valence-corrected chi connectivity index (χ4v) is 5.67. The maximum absolute atomic E-state index is 12.5. The number of hydrogen-bond acceptors (Lipinski definition) is 6. The lowest BCUT2D eigenvalue weighted by Gasteiger charge is -2.21. The molecule has 0 radical (unpaired) electrons. The fraction of sp³-hybridized carbons (Fsp3) is 0.0909. The second-order valence-corrected chi connectivity index (χ2v) is 9.51. The highest BCUT2D eigenvalue weighted by Crippen LogP contribution is 2.31. The van der Waals surface area contributed by atoms with Crippen molar-refractivity contribution in [1.29, 1.82) is 0 Å². The van der Waals surface area contributed by atoms with E-state index in [1.54, 1.807) is 35.6 Å². The first kappa shape index (κ1) is 18.9. The molecular formula is C22H18N4O2S2. The predicted molar refractivity (Wildman–Crippen MR) is 121 cm³/mol. The molecule has 1 aliphatic rings. The summed E-state index contributed by atoms with van der Waals surface area (Å²) in [5.41, 5.74) is 2.54. The zero-order valence-electron chi connectivity index (χ0n) is 15.8. The van der Waals surface area contributed by atoms with Gasteiger partial charge in [-0.1, -0.05) is 54.6 Å². The summed E-state index contributed by atoms with van der Waals surface area (Å²) >= 11 is 1.62. The van der Waals surface area contributed by atoms with Crippen molar-refractivity contribution in [2.45, 2.75) is 10.9 Å². The minimum absolute atomic E-state index is 0.187. The van der Waals surface area contributed by atoms with E-state index >= 15 is 0 Å². The largest absolute Gasteiger partial charge is 0.341 e. The molecular weight excluding hydrogens is 416 g/mol. The molecule has 3 aromatic carbocycles. The molecule has 150 valence electrons. The van der Waals surface area contributed by atoms with Gasteiger partial charge < -0.3 is 5.32 Å². The van der Waals surface area contributed by atoms with E-state index in [1.165, 1.54) is 0 Å². The summed E-state index contributed by atoms with van der Waals surface area (Å²) in [5.74, 6) is 0.357. The quantitative estimate of drug-likeness (QED) is 0.492. The maximum atomic E-state index is 12.5. The van der Waals surface area contributed by atoms with Gasteiger partial charge in [0.2, 0.25) is 0 Å². The van der Waals surface area contributed by atoms with Crippen molar-refractivity contribution in [2.75, 3.05) is 11.9 Å². The molecule has 0 aliphatic carbocycles. The number of aromatic nitrogens is 1. The molecule has 0 bridgehead atoms. The molecule has 0 saturated carbocycles. The lowest BCUT2D eigenvalue weighted by atomic mass is 10.1. The molecule has 0 spiro atoms. The Morgan fingerprint density at radius 2 is 1.67 bits per heavy atom. The van der Waals surface area contributed by atoms with Gasteiger partial charge in [0.15, 0.2) is 0 Å². The smallest absolute Gasteiger partial charge is 0.286 e. The molecule has 1 aromatic heterocycles. The number of anilines is 1. The van der Waals surface area contributed by atoms with E-state index in [9.17, 15) is 8.42 Å². The SMILES string of the molecule is O=S1(=O)N=C(CNC(c2ccccc2)c2nc3ccccc3s2)Nc2ccccc21. The lowest BCUT2D eigenvalue weighted by molar-refractivity contribution is 0.597. The molecule has 2 heterocycles. The summed E-state index contributed by atoms with van der Waals surface area (Å²) in [6.45, 7) is 0.253. The van der Waals surface area contributed by atoms with E-state index in [1.807, 2.05) is 48.5 Å². The van der Waals surface area contributed by atoms with Crippen molar-refractivity contribution in [3.8, 4) is 0 Å². The number of sulfonamides is 1. The maximum Gasteiger partial charge on any atom is 0.286 e. The van der Waals surface area contributed by atoms with Crippen LogP contribution in [0.3, 0.4) is 0 Å². The minimum Gasteiger partial charge on any atom is -0.341 e. The van der Waals surface area contributed by atoms with Gasteiger partial charge in [0.1, 0.15) is 15.7 Å². The van der Waals surface area contributed by atoms with Crippen LogP contribution in [0.5, 0.6) is 0 Å². The van der Waals surface area contributed by atoms with Crippen LogP contribution in [0.2, 0.25) is 0 Å². The summed E-state index contributed by atoms with van der Waals surface area (Å²) in [6.07, 6.45) is 0. The summed E-state index contributed by atoms with van der Waals surface area (Å²) in [4.78, 5) is 4.99. The van der Waals surface area contributed by atoms with Gasteiger partial charge in [-0.05, 0) is 29.8 Å². The van der Waals surface area contributed by atoms with E-state index in [4.69, 9.17) is 4.98 Å². The normalized spacial score (nSPS) is 15.8. The van der Waals surface area contributed by atoms with Crippen molar-refractivity contribution in [1.82, 2.24) is 10.3 Å². The second-order valence-electron chi connectivity index (χ2n) is 6.88. The first-order chi connectivity index (χ1) is 14.6. The van der Waals surface area contributed by atoms with Crippen LogP contribution in [0.4, 0.5) is 5.69 Å². The third kappa shape index (κ3) is 3.60. The highest BCUT2D eigenvalue weighted by atomic mass is 32.2. The van der Waals surface area contributed by atoms with E-state index < -0.39 is 10.0 Å². The molecule has 30 heavy (non-hydrogen) atoms. The third-order valence-electron chi connectivity index (χ3n) is 4.84. The lowest BCUT2D eigenvalue weighted by Crippen LogP contribution is -2.34. The molecule has 8 heteroatoms. The van der Waals surface area contributed by atoms with Gasteiger partial charge in [-0.15, -0.1) is 15.7 Å². The van der Waals surface area contributed by atoms with Crippen LogP contribution in [-0.4, -0.2) is 25.8 Å². The summed E-state index contributed by atoms with van der Waals surface area (Å²) < 4.78 is 30.1. The monoisotopic (exact) mass is 434 g/mol. The number of nitrogens with one attached hydrogen (secondary N) is 2. The Morgan fingerprint density at radius 1 is 0.933 bits per heavy atom. The van der Waals surface area contributed by atoms with Gasteiger partial charge in [-0.2, -0.15) is 8.42 Å². The van der Waals surface area contributed by atoms with Gasteiger partial charge >= 0.3 is 0 Å². The van der Waals surface area contributed by atoms with Gasteiger partial charge in [0.25, 0.3) is 10.0 Å². The topological polar surface area (TPSA) is 83.5 Å². The molecule has 1 atom stereocenters. The van der Waals surface area contributed by atoms with Crippen LogP contribution < -0.4 is 10.6 Å². The molecule has 4 aromatic rings. The Hall–Kier alpha value is -3.07. The van der Waals surface area contributed by atoms with Crippen molar-refractivity contribution in [3.05, 3.63) is 89.4 Å². The van der Waals surface area contributed by atoms with Crippen LogP contribution >= 0.6 is 11.3 Å². The number of benzene rings is 3. The molecule has 0 amide bonds. The molecule has 6 nitrogen and oxygen atoms in total. The average molecular weight is 435 g/mol. The van der Waals surface area contributed by atoms with Crippen LogP contribution in [0, 0.1) is 0 Å². The molecule has 0 saturated heterocycles. The fourth-order valence-electron chi connectivity index (χ4n) is 3.45. The second kappa shape index (κ2) is 7.64. The Kier molecular flexibility index (Phi) is 4.82. The molecule has 1 aliphatic heterocycles. The third-order valence-corrected chi connectivity index (χ3v) is 7.31. The van der Waals surface area contributed by atoms with Crippen molar-refractivity contribution in [2.24, 2.45) is 4.40 Å². The van der Waals surface area contributed by atoms with Gasteiger partial charge in [0.05, 0.1) is 28.5 Å².